The Labute approximate surface area is 138 Å². The van der Waals surface area contributed by atoms with Crippen molar-refractivity contribution in [2.75, 3.05) is 13.7 Å². The van der Waals surface area contributed by atoms with Crippen molar-refractivity contribution in [1.82, 2.24) is 5.32 Å². The normalized spacial score (nSPS) is 18.0. The lowest BCUT2D eigenvalue weighted by molar-refractivity contribution is -0.384. The molecule has 0 radical (unpaired) electrons. The zero-order valence-electron chi connectivity index (χ0n) is 13.2. The predicted octanol–water partition coefficient (Wildman–Crippen LogP) is 0.295. The van der Waals surface area contributed by atoms with Crippen molar-refractivity contribution in [2.24, 2.45) is 5.73 Å². The van der Waals surface area contributed by atoms with Gasteiger partial charge in [-0.25, -0.2) is 0 Å². The van der Waals surface area contributed by atoms with E-state index in [1.165, 1.54) is 25.3 Å². The summed E-state index contributed by atoms with van der Waals surface area (Å²) in [5.41, 5.74) is 5.62. The van der Waals surface area contributed by atoms with Gasteiger partial charge in [0.15, 0.2) is 0 Å². The molecule has 2 amide bonds. The van der Waals surface area contributed by atoms with E-state index in [9.17, 15) is 19.7 Å². The molecule has 24 heavy (non-hydrogen) atoms. The van der Waals surface area contributed by atoms with E-state index >= 15 is 0 Å². The minimum atomic E-state index is -1.02. The van der Waals surface area contributed by atoms with E-state index in [1.54, 1.807) is 0 Å². The van der Waals surface area contributed by atoms with Gasteiger partial charge >= 0.3 is 0 Å². The summed E-state index contributed by atoms with van der Waals surface area (Å²) in [6.45, 7) is 0.498. The zero-order chi connectivity index (χ0) is 17.7. The SMILES string of the molecule is COc1ccc([N+](=O)[O-])cc1C[C@@H](NC(=O)[C@@H]1CCCO1)C(N)=O. The number of rotatable bonds is 7. The van der Waals surface area contributed by atoms with E-state index in [4.69, 9.17) is 15.2 Å². The van der Waals surface area contributed by atoms with Gasteiger partial charge in [0.05, 0.1) is 12.0 Å². The van der Waals surface area contributed by atoms with Gasteiger partial charge in [-0.2, -0.15) is 0 Å². The van der Waals surface area contributed by atoms with Gasteiger partial charge in [0.2, 0.25) is 11.8 Å². The van der Waals surface area contributed by atoms with E-state index in [0.717, 1.165) is 6.42 Å². The van der Waals surface area contributed by atoms with Gasteiger partial charge in [0, 0.05) is 30.7 Å². The number of benzene rings is 1. The fourth-order valence-corrected chi connectivity index (χ4v) is 2.53. The van der Waals surface area contributed by atoms with Gasteiger partial charge in [0.1, 0.15) is 17.9 Å². The molecule has 0 aliphatic carbocycles. The molecule has 3 N–H and O–H groups in total. The molecule has 130 valence electrons. The molecule has 0 spiro atoms. The largest absolute Gasteiger partial charge is 0.496 e. The highest BCUT2D eigenvalue weighted by molar-refractivity contribution is 5.88. The van der Waals surface area contributed by atoms with Crippen molar-refractivity contribution in [1.29, 1.82) is 0 Å². The standard InChI is InChI=1S/C15H19N3O6/c1-23-12-5-4-10(18(21)22)7-9(12)8-11(14(16)19)17-15(20)13-3-2-6-24-13/h4-5,7,11,13H,2-3,6,8H2,1H3,(H2,16,19)(H,17,20)/t11-,13+/m1/s1. The lowest BCUT2D eigenvalue weighted by atomic mass is 10.0. The third-order valence-electron chi connectivity index (χ3n) is 3.78. The zero-order valence-corrected chi connectivity index (χ0v) is 13.2. The van der Waals surface area contributed by atoms with Crippen molar-refractivity contribution in [3.05, 3.63) is 33.9 Å². The van der Waals surface area contributed by atoms with E-state index in [-0.39, 0.29) is 12.1 Å². The van der Waals surface area contributed by atoms with Gasteiger partial charge in [0.25, 0.3) is 5.69 Å². The van der Waals surface area contributed by atoms with Crippen LogP contribution in [0.4, 0.5) is 5.69 Å². The van der Waals surface area contributed by atoms with Crippen LogP contribution in [0.2, 0.25) is 0 Å². The highest BCUT2D eigenvalue weighted by Gasteiger charge is 2.28. The van der Waals surface area contributed by atoms with Gasteiger partial charge in [-0.05, 0) is 18.9 Å². The van der Waals surface area contributed by atoms with Crippen LogP contribution in [0.5, 0.6) is 5.75 Å². The molecule has 1 aromatic rings. The molecular formula is C15H19N3O6. The highest BCUT2D eigenvalue weighted by atomic mass is 16.6. The van der Waals surface area contributed by atoms with Crippen LogP contribution in [0, 0.1) is 10.1 Å². The quantitative estimate of drug-likeness (QED) is 0.543. The number of carbonyl (C=O) groups excluding carboxylic acids is 2. The molecule has 0 saturated carbocycles. The topological polar surface area (TPSA) is 134 Å². The second-order valence-electron chi connectivity index (χ2n) is 5.42. The number of nitrogens with zero attached hydrogens (tertiary/aromatic N) is 1. The molecule has 2 rings (SSSR count). The molecule has 9 heteroatoms. The first-order chi connectivity index (χ1) is 11.4. The summed E-state index contributed by atoms with van der Waals surface area (Å²) in [5, 5.41) is 13.5. The molecule has 0 unspecified atom stereocenters. The third kappa shape index (κ3) is 4.19. The van der Waals surface area contributed by atoms with Gasteiger partial charge < -0.3 is 20.5 Å². The fourth-order valence-electron chi connectivity index (χ4n) is 2.53. The van der Waals surface area contributed by atoms with Crippen LogP contribution in [0.25, 0.3) is 0 Å². The summed E-state index contributed by atoms with van der Waals surface area (Å²) >= 11 is 0. The first-order valence-corrected chi connectivity index (χ1v) is 7.45. The number of nitrogens with one attached hydrogen (secondary N) is 1. The first kappa shape index (κ1) is 17.7. The van der Waals surface area contributed by atoms with E-state index in [0.29, 0.717) is 24.3 Å². The monoisotopic (exact) mass is 337 g/mol. The molecule has 2 atom stereocenters. The van der Waals surface area contributed by atoms with Gasteiger partial charge in [-0.1, -0.05) is 0 Å². The van der Waals surface area contributed by atoms with Crippen molar-refractivity contribution < 1.29 is 24.0 Å². The smallest absolute Gasteiger partial charge is 0.269 e. The molecule has 1 heterocycles. The van der Waals surface area contributed by atoms with Crippen molar-refractivity contribution in [3.8, 4) is 5.75 Å². The number of nitrogens with two attached hydrogens (primary N) is 1. The summed E-state index contributed by atoms with van der Waals surface area (Å²) in [4.78, 5) is 34.1. The van der Waals surface area contributed by atoms with Crippen LogP contribution in [-0.2, 0) is 20.7 Å². The second kappa shape index (κ2) is 7.73. The minimum Gasteiger partial charge on any atom is -0.496 e. The number of hydrogen-bond acceptors (Lipinski definition) is 6. The average Bonchev–Trinajstić information content (AvgIpc) is 3.08. The molecule has 9 nitrogen and oxygen atoms in total. The molecule has 1 aromatic carbocycles. The molecule has 1 saturated heterocycles. The lowest BCUT2D eigenvalue weighted by Crippen LogP contribution is -2.49. The highest BCUT2D eigenvalue weighted by Crippen LogP contribution is 2.25. The molecule has 1 fully saturated rings. The number of methoxy groups -OCH3 is 1. The van der Waals surface area contributed by atoms with Crippen LogP contribution in [0.1, 0.15) is 18.4 Å². The summed E-state index contributed by atoms with van der Waals surface area (Å²) in [7, 11) is 1.41. The number of hydrogen-bond donors (Lipinski definition) is 2. The Morgan fingerprint density at radius 2 is 2.29 bits per heavy atom. The Bertz CT molecular complexity index is 642. The first-order valence-electron chi connectivity index (χ1n) is 7.45. The fraction of sp³-hybridized carbons (Fsp3) is 0.467. The second-order valence-corrected chi connectivity index (χ2v) is 5.42. The Balaban J connectivity index is 2.17. The predicted molar refractivity (Wildman–Crippen MR) is 83.5 cm³/mol. The number of non-ortho nitro benzene ring substituents is 1. The maximum atomic E-state index is 12.1. The Morgan fingerprint density at radius 3 is 2.83 bits per heavy atom. The van der Waals surface area contributed by atoms with Crippen LogP contribution in [0.3, 0.4) is 0 Å². The van der Waals surface area contributed by atoms with Crippen molar-refractivity contribution >= 4 is 17.5 Å². The maximum absolute atomic E-state index is 12.1. The van der Waals surface area contributed by atoms with E-state index in [1.807, 2.05) is 0 Å². The summed E-state index contributed by atoms with van der Waals surface area (Å²) in [6.07, 6.45) is 0.743. The van der Waals surface area contributed by atoms with Crippen LogP contribution < -0.4 is 15.8 Å². The Kier molecular flexibility index (Phi) is 5.69. The number of nitro benzene ring substituents is 1. The van der Waals surface area contributed by atoms with Gasteiger partial charge in [-0.3, -0.25) is 19.7 Å². The molecule has 1 aliphatic heterocycles. The summed E-state index contributed by atoms with van der Waals surface area (Å²) in [5.74, 6) is -0.784. The Hall–Kier alpha value is -2.68. The average molecular weight is 337 g/mol. The number of nitro groups is 1. The van der Waals surface area contributed by atoms with Crippen LogP contribution >= 0.6 is 0 Å². The number of amides is 2. The molecule has 1 aliphatic rings. The minimum absolute atomic E-state index is 0.0152. The number of primary amides is 1. The Morgan fingerprint density at radius 1 is 1.54 bits per heavy atom. The summed E-state index contributed by atoms with van der Waals surface area (Å²) in [6, 6.07) is 3.02. The van der Waals surface area contributed by atoms with Gasteiger partial charge in [-0.15, -0.1) is 0 Å². The number of carbonyl (C=O) groups is 2. The van der Waals surface area contributed by atoms with Crippen LogP contribution in [-0.4, -0.2) is 42.6 Å². The van der Waals surface area contributed by atoms with E-state index in [2.05, 4.69) is 5.32 Å². The lowest BCUT2D eigenvalue weighted by Gasteiger charge is -2.19. The molecular weight excluding hydrogens is 318 g/mol. The van der Waals surface area contributed by atoms with Crippen molar-refractivity contribution in [2.45, 2.75) is 31.4 Å². The maximum Gasteiger partial charge on any atom is 0.269 e. The third-order valence-corrected chi connectivity index (χ3v) is 3.78. The summed E-state index contributed by atoms with van der Waals surface area (Å²) < 4.78 is 10.4. The molecule has 0 bridgehead atoms. The van der Waals surface area contributed by atoms with Crippen LogP contribution in [0.15, 0.2) is 18.2 Å². The van der Waals surface area contributed by atoms with E-state index < -0.39 is 28.9 Å². The van der Waals surface area contributed by atoms with Crippen molar-refractivity contribution in [3.63, 3.8) is 0 Å². The number of ether oxygens (including phenoxy) is 2. The molecule has 0 aromatic heterocycles.